The van der Waals surface area contributed by atoms with Crippen LogP contribution in [0.1, 0.15) is 39.2 Å². The van der Waals surface area contributed by atoms with Gasteiger partial charge >= 0.3 is 0 Å². The number of carbonyl (C=O) groups is 1. The number of hydrogen-bond acceptors (Lipinski definition) is 2. The molecule has 2 aromatic rings. The maximum absolute atomic E-state index is 12.0. The van der Waals surface area contributed by atoms with Crippen molar-refractivity contribution in [2.24, 2.45) is 0 Å². The molecule has 1 N–H and O–H groups in total. The van der Waals surface area contributed by atoms with E-state index in [2.05, 4.69) is 76.7 Å². The van der Waals surface area contributed by atoms with Crippen LogP contribution in [0.25, 0.3) is 0 Å². The van der Waals surface area contributed by atoms with E-state index >= 15 is 0 Å². The van der Waals surface area contributed by atoms with E-state index in [4.69, 9.17) is 4.74 Å². The Balaban J connectivity index is 1.77. The summed E-state index contributed by atoms with van der Waals surface area (Å²) in [5, 5.41) is 2.90. The van der Waals surface area contributed by atoms with E-state index in [-0.39, 0.29) is 11.3 Å². The minimum Gasteiger partial charge on any atom is -0.492 e. The number of rotatable bonds is 6. The van der Waals surface area contributed by atoms with Gasteiger partial charge in [0.15, 0.2) is 0 Å². The van der Waals surface area contributed by atoms with E-state index < -0.39 is 0 Å². The molecular weight excluding hydrogens is 493 g/mol. The molecule has 0 aliphatic carbocycles. The smallest absolute Gasteiger partial charge is 0.224 e. The van der Waals surface area contributed by atoms with Gasteiger partial charge in [0.25, 0.3) is 0 Å². The third-order valence-corrected chi connectivity index (χ3v) is 5.07. The van der Waals surface area contributed by atoms with Crippen molar-refractivity contribution in [1.29, 1.82) is 0 Å². The molecule has 25 heavy (non-hydrogen) atoms. The molecule has 0 saturated carbocycles. The van der Waals surface area contributed by atoms with Crippen LogP contribution >= 0.6 is 38.5 Å². The summed E-state index contributed by atoms with van der Waals surface area (Å²) >= 11 is 5.80. The lowest BCUT2D eigenvalue weighted by atomic mass is 9.87. The van der Waals surface area contributed by atoms with E-state index in [1.807, 2.05) is 30.3 Å². The highest BCUT2D eigenvalue weighted by molar-refractivity contribution is 14.1. The van der Waals surface area contributed by atoms with Gasteiger partial charge in [0.05, 0.1) is 11.1 Å². The number of amides is 1. The van der Waals surface area contributed by atoms with Crippen molar-refractivity contribution < 1.29 is 9.53 Å². The summed E-state index contributed by atoms with van der Waals surface area (Å²) in [5.41, 5.74) is 2.18. The minimum absolute atomic E-state index is 0.00644. The highest BCUT2D eigenvalue weighted by atomic mass is 127. The van der Waals surface area contributed by atoms with Gasteiger partial charge < -0.3 is 10.1 Å². The van der Waals surface area contributed by atoms with E-state index in [0.717, 1.165) is 19.5 Å². The number of hydrogen-bond donors (Lipinski definition) is 1. The average molecular weight is 516 g/mol. The molecule has 0 unspecified atom stereocenters. The molecule has 0 aromatic heterocycles. The lowest BCUT2D eigenvalue weighted by molar-refractivity contribution is -0.116. The molecule has 0 aliphatic rings. The standard InChI is InChI=1S/C20H23BrINO2/c1-20(2,3)14-6-11-18(17(21)13-14)25-12-4-5-19(24)23-16-9-7-15(22)8-10-16/h6-11,13H,4-5,12H2,1-3H3,(H,23,24). The van der Waals surface area contributed by atoms with Gasteiger partial charge in [-0.3, -0.25) is 4.79 Å². The zero-order chi connectivity index (χ0) is 18.4. The Morgan fingerprint density at radius 1 is 1.16 bits per heavy atom. The molecular formula is C20H23BrINO2. The molecule has 0 aliphatic heterocycles. The first-order valence-electron chi connectivity index (χ1n) is 8.24. The fourth-order valence-corrected chi connectivity index (χ4v) is 3.11. The van der Waals surface area contributed by atoms with Crippen LogP contribution in [0.5, 0.6) is 5.75 Å². The summed E-state index contributed by atoms with van der Waals surface area (Å²) < 4.78 is 7.89. The zero-order valence-electron chi connectivity index (χ0n) is 14.7. The first-order valence-corrected chi connectivity index (χ1v) is 10.1. The van der Waals surface area contributed by atoms with Crippen LogP contribution in [0.15, 0.2) is 46.9 Å². The van der Waals surface area contributed by atoms with Crippen LogP contribution in [-0.4, -0.2) is 12.5 Å². The van der Waals surface area contributed by atoms with Crippen molar-refractivity contribution in [3.05, 3.63) is 56.1 Å². The molecule has 0 heterocycles. The van der Waals surface area contributed by atoms with Gasteiger partial charge in [0.2, 0.25) is 5.91 Å². The predicted molar refractivity (Wildman–Crippen MR) is 115 cm³/mol. The Bertz CT molecular complexity index is 723. The molecule has 134 valence electrons. The van der Waals surface area contributed by atoms with E-state index in [9.17, 15) is 4.79 Å². The van der Waals surface area contributed by atoms with Crippen LogP contribution in [0, 0.1) is 3.57 Å². The number of ether oxygens (including phenoxy) is 1. The SMILES string of the molecule is CC(C)(C)c1ccc(OCCCC(=O)Nc2ccc(I)cc2)c(Br)c1. The molecule has 2 aromatic carbocycles. The predicted octanol–water partition coefficient (Wildman–Crippen LogP) is 6.15. The van der Waals surface area contributed by atoms with E-state index in [1.54, 1.807) is 0 Å². The number of carbonyl (C=O) groups excluding carboxylic acids is 1. The zero-order valence-corrected chi connectivity index (χ0v) is 18.5. The second-order valence-electron chi connectivity index (χ2n) is 6.90. The monoisotopic (exact) mass is 515 g/mol. The lowest BCUT2D eigenvalue weighted by Crippen LogP contribution is -2.13. The summed E-state index contributed by atoms with van der Waals surface area (Å²) in [6, 6.07) is 13.9. The molecule has 3 nitrogen and oxygen atoms in total. The largest absolute Gasteiger partial charge is 0.492 e. The fourth-order valence-electron chi connectivity index (χ4n) is 2.26. The maximum Gasteiger partial charge on any atom is 0.224 e. The first kappa shape index (κ1) is 20.2. The van der Waals surface area contributed by atoms with Crippen LogP contribution in [0.2, 0.25) is 0 Å². The maximum atomic E-state index is 12.0. The van der Waals surface area contributed by atoms with Gasteiger partial charge in [0.1, 0.15) is 5.75 Å². The van der Waals surface area contributed by atoms with E-state index in [0.29, 0.717) is 19.4 Å². The van der Waals surface area contributed by atoms with Crippen molar-refractivity contribution in [3.63, 3.8) is 0 Å². The molecule has 0 atom stereocenters. The second-order valence-corrected chi connectivity index (χ2v) is 9.00. The summed E-state index contributed by atoms with van der Waals surface area (Å²) in [4.78, 5) is 12.0. The van der Waals surface area contributed by atoms with Gasteiger partial charge in [-0.1, -0.05) is 26.8 Å². The normalized spacial score (nSPS) is 11.2. The number of nitrogens with one attached hydrogen (secondary N) is 1. The molecule has 5 heteroatoms. The highest BCUT2D eigenvalue weighted by Crippen LogP contribution is 2.31. The Labute approximate surface area is 171 Å². The minimum atomic E-state index is 0.00644. The lowest BCUT2D eigenvalue weighted by Gasteiger charge is -2.20. The summed E-state index contributed by atoms with van der Waals surface area (Å²) in [6.07, 6.45) is 1.10. The third kappa shape index (κ3) is 6.62. The quantitative estimate of drug-likeness (QED) is 0.370. The van der Waals surface area contributed by atoms with E-state index in [1.165, 1.54) is 5.56 Å². The van der Waals surface area contributed by atoms with Crippen molar-refractivity contribution in [3.8, 4) is 5.75 Å². The Morgan fingerprint density at radius 3 is 2.44 bits per heavy atom. The molecule has 0 bridgehead atoms. The molecule has 0 spiro atoms. The third-order valence-electron chi connectivity index (χ3n) is 3.73. The summed E-state index contributed by atoms with van der Waals surface area (Å²) in [7, 11) is 0. The molecule has 2 rings (SSSR count). The Hall–Kier alpha value is -1.08. The van der Waals surface area contributed by atoms with Crippen LogP contribution < -0.4 is 10.1 Å². The van der Waals surface area contributed by atoms with Gasteiger partial charge in [0, 0.05) is 15.7 Å². The molecule has 0 fully saturated rings. The van der Waals surface area contributed by atoms with Crippen molar-refractivity contribution in [2.45, 2.75) is 39.0 Å². The number of halogens is 2. The fraction of sp³-hybridized carbons (Fsp3) is 0.350. The summed E-state index contributed by atoms with van der Waals surface area (Å²) in [6.45, 7) is 7.05. The molecule has 1 amide bonds. The van der Waals surface area contributed by atoms with Crippen LogP contribution in [0.4, 0.5) is 5.69 Å². The first-order chi connectivity index (χ1) is 11.8. The van der Waals surface area contributed by atoms with Gasteiger partial charge in [-0.15, -0.1) is 0 Å². The number of benzene rings is 2. The van der Waals surface area contributed by atoms with Crippen LogP contribution in [-0.2, 0) is 10.2 Å². The topological polar surface area (TPSA) is 38.3 Å². The van der Waals surface area contributed by atoms with Crippen molar-refractivity contribution >= 4 is 50.1 Å². The van der Waals surface area contributed by atoms with Gasteiger partial charge in [-0.2, -0.15) is 0 Å². The average Bonchev–Trinajstić information content (AvgIpc) is 2.54. The highest BCUT2D eigenvalue weighted by Gasteiger charge is 2.15. The van der Waals surface area contributed by atoms with Gasteiger partial charge in [-0.05, 0) is 92.3 Å². The second kappa shape index (κ2) is 9.03. The summed E-state index contributed by atoms with van der Waals surface area (Å²) in [5.74, 6) is 0.818. The van der Waals surface area contributed by atoms with Crippen molar-refractivity contribution in [2.75, 3.05) is 11.9 Å². The van der Waals surface area contributed by atoms with Gasteiger partial charge in [-0.25, -0.2) is 0 Å². The Kier molecular flexibility index (Phi) is 7.31. The number of anilines is 1. The Morgan fingerprint density at radius 2 is 1.84 bits per heavy atom. The van der Waals surface area contributed by atoms with Crippen LogP contribution in [0.3, 0.4) is 0 Å². The molecule has 0 radical (unpaired) electrons. The molecule has 0 saturated heterocycles. The van der Waals surface area contributed by atoms with Crippen molar-refractivity contribution in [1.82, 2.24) is 0 Å².